The summed E-state index contributed by atoms with van der Waals surface area (Å²) in [4.78, 5) is 14.2. The molecule has 0 atom stereocenters. The molecular weight excluding hydrogens is 276 g/mol. The minimum Gasteiger partial charge on any atom is -0.382 e. The molecule has 3 heterocycles. The predicted molar refractivity (Wildman–Crippen MR) is 85.4 cm³/mol. The van der Waals surface area contributed by atoms with Gasteiger partial charge in [-0.1, -0.05) is 24.3 Å². The van der Waals surface area contributed by atoms with Crippen LogP contribution in [0.5, 0.6) is 0 Å². The number of aromatic nitrogens is 1. The van der Waals surface area contributed by atoms with E-state index in [1.54, 1.807) is 0 Å². The lowest BCUT2D eigenvalue weighted by Crippen LogP contribution is -2.57. The number of rotatable bonds is 2. The van der Waals surface area contributed by atoms with Crippen molar-refractivity contribution in [3.05, 3.63) is 59.4 Å². The summed E-state index contributed by atoms with van der Waals surface area (Å²) < 4.78 is 1.88. The fraction of sp³-hybridized carbons (Fsp3) is 0.278. The maximum Gasteiger partial charge on any atom is 0.183 e. The lowest BCUT2D eigenvalue weighted by atomic mass is 9.85. The van der Waals surface area contributed by atoms with Crippen molar-refractivity contribution in [2.24, 2.45) is 0 Å². The van der Waals surface area contributed by atoms with Gasteiger partial charge in [0.15, 0.2) is 5.78 Å². The number of hydrogen-bond acceptors (Lipinski definition) is 3. The Hall–Kier alpha value is -2.17. The topological polar surface area (TPSA) is 45.5 Å². The molecule has 0 bridgehead atoms. The standard InChI is InChI=1S/C18H18N2O2/c1-19-11-18(22,12-19)15-6-4-13(5-7-15)14-9-17(21)16-3-2-8-20(16)10-14/h2-8,10,22H,9,11-12H2,1H3. The van der Waals surface area contributed by atoms with Gasteiger partial charge in [-0.05, 0) is 35.9 Å². The first-order valence-corrected chi connectivity index (χ1v) is 7.48. The molecule has 0 amide bonds. The van der Waals surface area contributed by atoms with Gasteiger partial charge >= 0.3 is 0 Å². The summed E-state index contributed by atoms with van der Waals surface area (Å²) in [6.07, 6.45) is 4.33. The van der Waals surface area contributed by atoms with Gasteiger partial charge in [-0.25, -0.2) is 0 Å². The number of aliphatic hydroxyl groups is 1. The first kappa shape index (κ1) is 13.5. The average molecular weight is 294 g/mol. The molecule has 1 saturated heterocycles. The van der Waals surface area contributed by atoms with Gasteiger partial charge in [0.2, 0.25) is 0 Å². The molecule has 2 aliphatic rings. The van der Waals surface area contributed by atoms with E-state index in [0.29, 0.717) is 19.5 Å². The SMILES string of the molecule is CN1CC(O)(c2ccc(C3=Cn4cccc4C(=O)C3)cc2)C1. The third kappa shape index (κ3) is 2.03. The highest BCUT2D eigenvalue weighted by molar-refractivity contribution is 6.06. The van der Waals surface area contributed by atoms with Crippen LogP contribution in [-0.4, -0.2) is 40.5 Å². The first-order chi connectivity index (χ1) is 10.5. The normalized spacial score (nSPS) is 20.3. The molecule has 0 saturated carbocycles. The van der Waals surface area contributed by atoms with E-state index in [1.165, 1.54) is 0 Å². The number of Topliss-reactive ketones (excluding diaryl/α,β-unsaturated/α-hetero) is 1. The number of nitrogens with zero attached hydrogens (tertiary/aromatic N) is 2. The fourth-order valence-corrected chi connectivity index (χ4v) is 3.42. The third-order valence-corrected chi connectivity index (χ3v) is 4.57. The van der Waals surface area contributed by atoms with Crippen LogP contribution < -0.4 is 0 Å². The molecule has 22 heavy (non-hydrogen) atoms. The molecule has 1 aromatic heterocycles. The Morgan fingerprint density at radius 1 is 1.14 bits per heavy atom. The van der Waals surface area contributed by atoms with E-state index in [-0.39, 0.29) is 5.78 Å². The van der Waals surface area contributed by atoms with Crippen LogP contribution in [0.4, 0.5) is 0 Å². The van der Waals surface area contributed by atoms with Gasteiger partial charge in [-0.2, -0.15) is 0 Å². The Balaban J connectivity index is 1.64. The molecule has 1 N–H and O–H groups in total. The van der Waals surface area contributed by atoms with Gasteiger partial charge in [0.25, 0.3) is 0 Å². The number of carbonyl (C=O) groups excluding carboxylic acids is 1. The van der Waals surface area contributed by atoms with Crippen molar-refractivity contribution in [1.29, 1.82) is 0 Å². The molecule has 1 aromatic carbocycles. The highest BCUT2D eigenvalue weighted by Crippen LogP contribution is 2.33. The lowest BCUT2D eigenvalue weighted by Gasteiger charge is -2.44. The summed E-state index contributed by atoms with van der Waals surface area (Å²) in [7, 11) is 2.00. The van der Waals surface area contributed by atoms with Crippen molar-refractivity contribution >= 4 is 17.6 Å². The molecule has 1 fully saturated rings. The van der Waals surface area contributed by atoms with Gasteiger partial charge in [0, 0.05) is 31.9 Å². The molecule has 4 nitrogen and oxygen atoms in total. The zero-order valence-corrected chi connectivity index (χ0v) is 12.5. The van der Waals surface area contributed by atoms with Crippen LogP contribution in [0.2, 0.25) is 0 Å². The monoisotopic (exact) mass is 294 g/mol. The second-order valence-corrected chi connectivity index (χ2v) is 6.34. The number of benzene rings is 1. The predicted octanol–water partition coefficient (Wildman–Crippen LogP) is 2.21. The van der Waals surface area contributed by atoms with Crippen LogP contribution in [0.1, 0.15) is 28.0 Å². The Labute approximate surface area is 129 Å². The smallest absolute Gasteiger partial charge is 0.183 e. The van der Waals surface area contributed by atoms with Crippen LogP contribution in [0.25, 0.3) is 11.8 Å². The quantitative estimate of drug-likeness (QED) is 0.923. The van der Waals surface area contributed by atoms with E-state index in [9.17, 15) is 9.90 Å². The number of likely N-dealkylation sites (N-methyl/N-ethyl adjacent to an activating group) is 1. The molecule has 2 aliphatic heterocycles. The summed E-state index contributed by atoms with van der Waals surface area (Å²) in [5, 5.41) is 10.5. The van der Waals surface area contributed by atoms with Crippen LogP contribution in [0.15, 0.2) is 42.6 Å². The minimum absolute atomic E-state index is 0.144. The summed E-state index contributed by atoms with van der Waals surface area (Å²) in [5.41, 5.74) is 3.01. The van der Waals surface area contributed by atoms with E-state index in [4.69, 9.17) is 0 Å². The number of allylic oxidation sites excluding steroid dienone is 1. The molecule has 4 heteroatoms. The molecule has 0 radical (unpaired) electrons. The van der Waals surface area contributed by atoms with E-state index in [1.807, 2.05) is 60.4 Å². The summed E-state index contributed by atoms with van der Waals surface area (Å²) >= 11 is 0. The largest absolute Gasteiger partial charge is 0.382 e. The number of ketones is 1. The van der Waals surface area contributed by atoms with Crippen molar-refractivity contribution in [2.75, 3.05) is 20.1 Å². The molecule has 4 rings (SSSR count). The van der Waals surface area contributed by atoms with Crippen molar-refractivity contribution in [3.63, 3.8) is 0 Å². The number of hydrogen-bond donors (Lipinski definition) is 1. The Bertz CT molecular complexity index is 765. The highest BCUT2D eigenvalue weighted by atomic mass is 16.3. The van der Waals surface area contributed by atoms with E-state index in [2.05, 4.69) is 4.90 Å². The summed E-state index contributed by atoms with van der Waals surface area (Å²) in [6.45, 7) is 1.33. The van der Waals surface area contributed by atoms with E-state index in [0.717, 1.165) is 22.4 Å². The van der Waals surface area contributed by atoms with Gasteiger partial charge in [0.05, 0.1) is 5.69 Å². The Kier molecular flexibility index (Phi) is 2.86. The second kappa shape index (κ2) is 4.66. The van der Waals surface area contributed by atoms with Gasteiger partial charge in [-0.3, -0.25) is 9.69 Å². The number of likely N-dealkylation sites (tertiary alicyclic amines) is 1. The van der Waals surface area contributed by atoms with E-state index < -0.39 is 5.60 Å². The van der Waals surface area contributed by atoms with Crippen molar-refractivity contribution in [3.8, 4) is 0 Å². The molecule has 0 unspecified atom stereocenters. The maximum atomic E-state index is 12.1. The zero-order valence-electron chi connectivity index (χ0n) is 12.5. The van der Waals surface area contributed by atoms with Crippen molar-refractivity contribution in [1.82, 2.24) is 9.47 Å². The van der Waals surface area contributed by atoms with Crippen LogP contribution >= 0.6 is 0 Å². The van der Waals surface area contributed by atoms with Gasteiger partial charge in [-0.15, -0.1) is 0 Å². The van der Waals surface area contributed by atoms with Crippen molar-refractivity contribution in [2.45, 2.75) is 12.0 Å². The van der Waals surface area contributed by atoms with Crippen LogP contribution in [0.3, 0.4) is 0 Å². The zero-order chi connectivity index (χ0) is 15.3. The van der Waals surface area contributed by atoms with Crippen molar-refractivity contribution < 1.29 is 9.90 Å². The minimum atomic E-state index is -0.725. The molecule has 112 valence electrons. The number of carbonyl (C=O) groups is 1. The average Bonchev–Trinajstić information content (AvgIpc) is 2.95. The molecule has 2 aromatic rings. The fourth-order valence-electron chi connectivity index (χ4n) is 3.42. The maximum absolute atomic E-state index is 12.1. The second-order valence-electron chi connectivity index (χ2n) is 6.34. The van der Waals surface area contributed by atoms with Gasteiger partial charge in [0.1, 0.15) is 5.60 Å². The Morgan fingerprint density at radius 2 is 1.86 bits per heavy atom. The highest BCUT2D eigenvalue weighted by Gasteiger charge is 2.40. The van der Waals surface area contributed by atoms with Gasteiger partial charge < -0.3 is 9.67 Å². The summed E-state index contributed by atoms with van der Waals surface area (Å²) in [5.74, 6) is 0.144. The first-order valence-electron chi connectivity index (χ1n) is 7.48. The molecular formula is C18H18N2O2. The number of fused-ring (bicyclic) bond motifs is 1. The van der Waals surface area contributed by atoms with Crippen LogP contribution in [0, 0.1) is 0 Å². The number of β-amino-alcohol motifs (C(OH)–C–C–N with tert-alkyl or cyclic N) is 1. The third-order valence-electron chi connectivity index (χ3n) is 4.57. The summed E-state index contributed by atoms with van der Waals surface area (Å²) in [6, 6.07) is 11.7. The van der Waals surface area contributed by atoms with Crippen LogP contribution in [-0.2, 0) is 5.60 Å². The van der Waals surface area contributed by atoms with E-state index >= 15 is 0 Å². The lowest BCUT2D eigenvalue weighted by molar-refractivity contribution is -0.0918. The molecule has 0 aliphatic carbocycles. The Morgan fingerprint density at radius 3 is 2.55 bits per heavy atom. The molecule has 0 spiro atoms.